The maximum atomic E-state index is 5.55. The first-order chi connectivity index (χ1) is 9.31. The third-order valence-electron chi connectivity index (χ3n) is 4.38. The van der Waals surface area contributed by atoms with E-state index in [4.69, 9.17) is 4.74 Å². The molecule has 4 heteroatoms. The Morgan fingerprint density at radius 2 is 2.16 bits per heavy atom. The van der Waals surface area contributed by atoms with E-state index in [9.17, 15) is 0 Å². The predicted molar refractivity (Wildman–Crippen MR) is 84.0 cm³/mol. The van der Waals surface area contributed by atoms with E-state index in [-0.39, 0.29) is 0 Å². The average molecular weight is 344 g/mol. The molecule has 106 valence electrons. The number of rotatable bonds is 6. The summed E-state index contributed by atoms with van der Waals surface area (Å²) in [5, 5.41) is 3.30. The van der Waals surface area contributed by atoms with Crippen molar-refractivity contribution in [2.45, 2.75) is 38.3 Å². The van der Waals surface area contributed by atoms with E-state index in [1.807, 2.05) is 11.3 Å². The highest BCUT2D eigenvalue weighted by Gasteiger charge is 2.38. The van der Waals surface area contributed by atoms with Gasteiger partial charge in [0.05, 0.1) is 0 Å². The second-order valence-electron chi connectivity index (χ2n) is 5.96. The lowest BCUT2D eigenvalue weighted by Gasteiger charge is -2.40. The minimum atomic E-state index is 0.429. The van der Waals surface area contributed by atoms with Crippen LogP contribution in [0.4, 0.5) is 0 Å². The molecule has 19 heavy (non-hydrogen) atoms. The Bertz CT molecular complexity index is 385. The van der Waals surface area contributed by atoms with Crippen molar-refractivity contribution >= 4 is 27.3 Å². The van der Waals surface area contributed by atoms with E-state index < -0.39 is 0 Å². The van der Waals surface area contributed by atoms with Crippen molar-refractivity contribution < 1.29 is 4.74 Å². The zero-order valence-electron chi connectivity index (χ0n) is 11.3. The van der Waals surface area contributed by atoms with Crippen molar-refractivity contribution in [2.75, 3.05) is 25.1 Å². The molecule has 0 spiro atoms. The molecule has 0 radical (unpaired) electrons. The molecule has 0 bridgehead atoms. The highest BCUT2D eigenvalue weighted by Crippen LogP contribution is 2.38. The van der Waals surface area contributed by atoms with Gasteiger partial charge in [-0.2, -0.15) is 0 Å². The van der Waals surface area contributed by atoms with Gasteiger partial charge >= 0.3 is 0 Å². The van der Waals surface area contributed by atoms with Crippen LogP contribution in [0.1, 0.15) is 30.6 Å². The van der Waals surface area contributed by atoms with Crippen LogP contribution in [0, 0.1) is 5.41 Å². The molecular weight excluding hydrogens is 322 g/mol. The number of thiophene rings is 1. The van der Waals surface area contributed by atoms with Crippen LogP contribution in [0.5, 0.6) is 0 Å². The van der Waals surface area contributed by atoms with Gasteiger partial charge in [-0.1, -0.05) is 22.0 Å². The maximum Gasteiger partial charge on any atom is 0.0472 e. The van der Waals surface area contributed by atoms with E-state index in [1.165, 1.54) is 37.1 Å². The van der Waals surface area contributed by atoms with E-state index in [0.717, 1.165) is 31.1 Å². The summed E-state index contributed by atoms with van der Waals surface area (Å²) in [7, 11) is 0. The SMILES string of the molecule is BrCC1(CN(Cc2cccs2)C2CC2)CCOCC1. The van der Waals surface area contributed by atoms with Crippen molar-refractivity contribution in [3.63, 3.8) is 0 Å². The van der Waals surface area contributed by atoms with Gasteiger partial charge in [0.15, 0.2) is 0 Å². The molecule has 2 heterocycles. The minimum absolute atomic E-state index is 0.429. The van der Waals surface area contributed by atoms with Crippen LogP contribution < -0.4 is 0 Å². The van der Waals surface area contributed by atoms with Gasteiger partial charge in [-0.25, -0.2) is 0 Å². The van der Waals surface area contributed by atoms with Crippen LogP contribution in [0.2, 0.25) is 0 Å². The van der Waals surface area contributed by atoms with Gasteiger partial charge in [0.25, 0.3) is 0 Å². The summed E-state index contributed by atoms with van der Waals surface area (Å²) in [6.07, 6.45) is 5.18. The molecule has 0 atom stereocenters. The van der Waals surface area contributed by atoms with Gasteiger partial charge < -0.3 is 4.74 Å². The molecule has 0 amide bonds. The van der Waals surface area contributed by atoms with Gasteiger partial charge in [-0.05, 0) is 42.5 Å². The topological polar surface area (TPSA) is 12.5 Å². The Hall–Kier alpha value is 0.100. The molecule has 3 rings (SSSR count). The molecule has 1 aliphatic heterocycles. The third kappa shape index (κ3) is 3.60. The van der Waals surface area contributed by atoms with Gasteiger partial charge in [-0.3, -0.25) is 4.90 Å². The molecule has 0 N–H and O–H groups in total. The van der Waals surface area contributed by atoms with Crippen LogP contribution in [0.3, 0.4) is 0 Å². The first-order valence-corrected chi connectivity index (χ1v) is 9.22. The second-order valence-corrected chi connectivity index (χ2v) is 7.55. The lowest BCUT2D eigenvalue weighted by molar-refractivity contribution is 0.00540. The molecule has 1 aliphatic carbocycles. The Labute approximate surface area is 128 Å². The molecule has 2 nitrogen and oxygen atoms in total. The van der Waals surface area contributed by atoms with Crippen LogP contribution in [-0.2, 0) is 11.3 Å². The van der Waals surface area contributed by atoms with Crippen molar-refractivity contribution in [1.29, 1.82) is 0 Å². The minimum Gasteiger partial charge on any atom is -0.381 e. The van der Waals surface area contributed by atoms with Crippen molar-refractivity contribution in [3.8, 4) is 0 Å². The van der Waals surface area contributed by atoms with E-state index >= 15 is 0 Å². The van der Waals surface area contributed by atoms with E-state index in [1.54, 1.807) is 0 Å². The molecular formula is C15H22BrNOS. The van der Waals surface area contributed by atoms with Crippen molar-refractivity contribution in [1.82, 2.24) is 4.90 Å². The Morgan fingerprint density at radius 3 is 2.74 bits per heavy atom. The van der Waals surface area contributed by atoms with Crippen molar-refractivity contribution in [2.24, 2.45) is 5.41 Å². The fraction of sp³-hybridized carbons (Fsp3) is 0.733. The maximum absolute atomic E-state index is 5.55. The number of hydrogen-bond donors (Lipinski definition) is 0. The molecule has 2 aliphatic rings. The quantitative estimate of drug-likeness (QED) is 0.726. The summed E-state index contributed by atoms with van der Waals surface area (Å²) >= 11 is 5.65. The Balaban J connectivity index is 1.66. The zero-order valence-corrected chi connectivity index (χ0v) is 13.7. The largest absolute Gasteiger partial charge is 0.381 e. The number of ether oxygens (including phenoxy) is 1. The molecule has 1 saturated heterocycles. The average Bonchev–Trinajstić information content (AvgIpc) is 3.18. The molecule has 1 aromatic rings. The summed E-state index contributed by atoms with van der Waals surface area (Å²) in [6, 6.07) is 5.27. The highest BCUT2D eigenvalue weighted by atomic mass is 79.9. The molecule has 1 aromatic heterocycles. The molecule has 0 unspecified atom stereocenters. The van der Waals surface area contributed by atoms with Crippen LogP contribution in [0.25, 0.3) is 0 Å². The molecule has 1 saturated carbocycles. The molecule has 0 aromatic carbocycles. The van der Waals surface area contributed by atoms with Crippen LogP contribution >= 0.6 is 27.3 Å². The van der Waals surface area contributed by atoms with Crippen molar-refractivity contribution in [3.05, 3.63) is 22.4 Å². The van der Waals surface area contributed by atoms with Gasteiger partial charge in [-0.15, -0.1) is 11.3 Å². The summed E-state index contributed by atoms with van der Waals surface area (Å²) < 4.78 is 5.55. The van der Waals surface area contributed by atoms with Gasteiger partial charge in [0.2, 0.25) is 0 Å². The summed E-state index contributed by atoms with van der Waals surface area (Å²) in [6.45, 7) is 4.23. The smallest absolute Gasteiger partial charge is 0.0472 e. The second kappa shape index (κ2) is 6.25. The fourth-order valence-corrected chi connectivity index (χ4v) is 4.39. The first kappa shape index (κ1) is 14.1. The van der Waals surface area contributed by atoms with Crippen LogP contribution in [0.15, 0.2) is 17.5 Å². The fourth-order valence-electron chi connectivity index (χ4n) is 2.93. The number of nitrogens with zero attached hydrogens (tertiary/aromatic N) is 1. The van der Waals surface area contributed by atoms with E-state index in [0.29, 0.717) is 5.41 Å². The lowest BCUT2D eigenvalue weighted by atomic mass is 9.81. The normalized spacial score (nSPS) is 22.8. The third-order valence-corrected chi connectivity index (χ3v) is 6.43. The molecule has 2 fully saturated rings. The number of hydrogen-bond acceptors (Lipinski definition) is 3. The summed E-state index contributed by atoms with van der Waals surface area (Å²) in [5.74, 6) is 0. The predicted octanol–water partition coefficient (Wildman–Crippen LogP) is 3.90. The monoisotopic (exact) mass is 343 g/mol. The Morgan fingerprint density at radius 1 is 1.37 bits per heavy atom. The Kier molecular flexibility index (Phi) is 4.62. The van der Waals surface area contributed by atoms with Gasteiger partial charge in [0.1, 0.15) is 0 Å². The number of halogens is 1. The lowest BCUT2D eigenvalue weighted by Crippen LogP contribution is -2.43. The zero-order chi connectivity index (χ0) is 13.1. The summed E-state index contributed by atoms with van der Waals surface area (Å²) in [4.78, 5) is 4.22. The highest BCUT2D eigenvalue weighted by molar-refractivity contribution is 9.09. The van der Waals surface area contributed by atoms with Crippen LogP contribution in [-0.4, -0.2) is 36.0 Å². The summed E-state index contributed by atoms with van der Waals surface area (Å²) in [5.41, 5.74) is 0.429. The van der Waals surface area contributed by atoms with E-state index in [2.05, 4.69) is 38.3 Å². The van der Waals surface area contributed by atoms with Gasteiger partial charge in [0, 0.05) is 42.6 Å². The standard InChI is InChI=1S/C15H22BrNOS/c16-11-15(5-7-18-8-6-15)12-17(13-3-4-13)10-14-2-1-9-19-14/h1-2,9,13H,3-8,10-12H2. The number of alkyl halides is 1. The first-order valence-electron chi connectivity index (χ1n) is 7.21.